The maximum atomic E-state index is 14.0. The fraction of sp³-hybridized carbons (Fsp3) is 0.250. The van der Waals surface area contributed by atoms with Gasteiger partial charge in [-0.3, -0.25) is 9.78 Å². The zero-order valence-corrected chi connectivity index (χ0v) is 11.5. The molecule has 0 atom stereocenters. The summed E-state index contributed by atoms with van der Waals surface area (Å²) in [6.45, 7) is 7.18. The maximum Gasteiger partial charge on any atom is 0.198 e. The Labute approximate surface area is 112 Å². The Morgan fingerprint density at radius 1 is 1.11 bits per heavy atom. The third-order valence-corrected chi connectivity index (χ3v) is 3.13. The van der Waals surface area contributed by atoms with Gasteiger partial charge in [0.05, 0.1) is 5.56 Å². The Morgan fingerprint density at radius 2 is 1.79 bits per heavy atom. The van der Waals surface area contributed by atoms with E-state index in [-0.39, 0.29) is 11.3 Å². The summed E-state index contributed by atoms with van der Waals surface area (Å²) in [7, 11) is 0. The van der Waals surface area contributed by atoms with E-state index >= 15 is 0 Å². The second kappa shape index (κ2) is 4.92. The fourth-order valence-electron chi connectivity index (χ4n) is 2.26. The van der Waals surface area contributed by atoms with E-state index in [1.54, 1.807) is 26.0 Å². The number of ketones is 1. The average Bonchev–Trinajstić information content (AvgIpc) is 2.26. The van der Waals surface area contributed by atoms with E-state index in [4.69, 9.17) is 0 Å². The van der Waals surface area contributed by atoms with Crippen LogP contribution in [-0.4, -0.2) is 10.8 Å². The molecule has 0 bridgehead atoms. The molecule has 1 aromatic carbocycles. The first-order valence-electron chi connectivity index (χ1n) is 6.16. The fourth-order valence-corrected chi connectivity index (χ4v) is 2.26. The predicted molar refractivity (Wildman–Crippen MR) is 73.0 cm³/mol. The molecular weight excluding hydrogens is 241 g/mol. The highest BCUT2D eigenvalue weighted by Crippen LogP contribution is 2.21. The molecule has 0 fully saturated rings. The number of halogens is 1. The minimum absolute atomic E-state index is 0.138. The van der Waals surface area contributed by atoms with Crippen molar-refractivity contribution in [2.24, 2.45) is 0 Å². The van der Waals surface area contributed by atoms with Crippen molar-refractivity contribution in [3.8, 4) is 0 Å². The van der Waals surface area contributed by atoms with Crippen LogP contribution in [-0.2, 0) is 0 Å². The van der Waals surface area contributed by atoms with Crippen LogP contribution in [0.3, 0.4) is 0 Å². The number of carbonyl (C=O) groups is 1. The van der Waals surface area contributed by atoms with Crippen LogP contribution in [0.4, 0.5) is 4.39 Å². The van der Waals surface area contributed by atoms with Gasteiger partial charge in [-0.25, -0.2) is 4.39 Å². The summed E-state index contributed by atoms with van der Waals surface area (Å²) in [4.78, 5) is 16.7. The highest BCUT2D eigenvalue weighted by atomic mass is 19.1. The van der Waals surface area contributed by atoms with E-state index in [0.29, 0.717) is 16.8 Å². The Kier molecular flexibility index (Phi) is 3.47. The van der Waals surface area contributed by atoms with Crippen LogP contribution in [0.2, 0.25) is 0 Å². The van der Waals surface area contributed by atoms with Crippen molar-refractivity contribution in [1.29, 1.82) is 0 Å². The smallest absolute Gasteiger partial charge is 0.198 e. The highest BCUT2D eigenvalue weighted by molar-refractivity contribution is 6.10. The van der Waals surface area contributed by atoms with Gasteiger partial charge < -0.3 is 0 Å². The summed E-state index contributed by atoms with van der Waals surface area (Å²) >= 11 is 0. The van der Waals surface area contributed by atoms with Crippen molar-refractivity contribution in [2.45, 2.75) is 27.7 Å². The van der Waals surface area contributed by atoms with Crippen molar-refractivity contribution in [3.63, 3.8) is 0 Å². The van der Waals surface area contributed by atoms with Gasteiger partial charge in [-0.05, 0) is 57.0 Å². The van der Waals surface area contributed by atoms with Crippen molar-refractivity contribution in [3.05, 3.63) is 63.7 Å². The van der Waals surface area contributed by atoms with Gasteiger partial charge in [-0.15, -0.1) is 0 Å². The van der Waals surface area contributed by atoms with Gasteiger partial charge in [0.2, 0.25) is 0 Å². The van der Waals surface area contributed by atoms with Gasteiger partial charge >= 0.3 is 0 Å². The Morgan fingerprint density at radius 3 is 2.37 bits per heavy atom. The monoisotopic (exact) mass is 257 g/mol. The van der Waals surface area contributed by atoms with Crippen LogP contribution in [0.1, 0.15) is 38.4 Å². The van der Waals surface area contributed by atoms with Crippen molar-refractivity contribution in [1.82, 2.24) is 4.98 Å². The Bertz CT molecular complexity index is 639. The lowest BCUT2D eigenvalue weighted by molar-refractivity contribution is 0.103. The van der Waals surface area contributed by atoms with Gasteiger partial charge in [0.25, 0.3) is 0 Å². The standard InChI is InChI=1S/C16H16FNO/c1-9-7-10(2)15(14(17)8-9)16(19)13-6-5-11(3)18-12(13)4/h5-8H,1-4H3. The molecule has 0 aliphatic carbocycles. The Balaban J connectivity index is 2.56. The molecule has 0 aliphatic heterocycles. The summed E-state index contributed by atoms with van der Waals surface area (Å²) in [5, 5.41) is 0. The first kappa shape index (κ1) is 13.4. The topological polar surface area (TPSA) is 30.0 Å². The Hall–Kier alpha value is -2.03. The molecule has 2 nitrogen and oxygen atoms in total. The van der Waals surface area contributed by atoms with Crippen LogP contribution in [0.25, 0.3) is 0 Å². The molecule has 0 radical (unpaired) electrons. The number of benzene rings is 1. The predicted octanol–water partition coefficient (Wildman–Crippen LogP) is 3.69. The van der Waals surface area contributed by atoms with Crippen LogP contribution < -0.4 is 0 Å². The molecule has 2 aromatic rings. The minimum atomic E-state index is -0.470. The third-order valence-electron chi connectivity index (χ3n) is 3.13. The molecule has 3 heteroatoms. The van der Waals surface area contributed by atoms with Crippen molar-refractivity contribution < 1.29 is 9.18 Å². The summed E-state index contributed by atoms with van der Waals surface area (Å²) < 4.78 is 14.0. The van der Waals surface area contributed by atoms with E-state index in [2.05, 4.69) is 4.98 Å². The summed E-state index contributed by atoms with van der Waals surface area (Å²) in [6.07, 6.45) is 0. The third kappa shape index (κ3) is 2.55. The molecule has 0 saturated heterocycles. The largest absolute Gasteiger partial charge is 0.288 e. The number of hydrogen-bond acceptors (Lipinski definition) is 2. The quantitative estimate of drug-likeness (QED) is 0.768. The van der Waals surface area contributed by atoms with Crippen LogP contribution in [0.5, 0.6) is 0 Å². The van der Waals surface area contributed by atoms with E-state index in [1.165, 1.54) is 6.07 Å². The van der Waals surface area contributed by atoms with Gasteiger partial charge in [0, 0.05) is 17.0 Å². The first-order valence-corrected chi connectivity index (χ1v) is 6.16. The SMILES string of the molecule is Cc1cc(C)c(C(=O)c2ccc(C)nc2C)c(F)c1. The van der Waals surface area contributed by atoms with Gasteiger partial charge in [-0.1, -0.05) is 6.07 Å². The molecule has 0 unspecified atom stereocenters. The first-order chi connectivity index (χ1) is 8.90. The van der Waals surface area contributed by atoms with E-state index < -0.39 is 5.82 Å². The molecule has 0 amide bonds. The summed E-state index contributed by atoms with van der Waals surface area (Å²) in [5.41, 5.74) is 3.53. The second-order valence-corrected chi connectivity index (χ2v) is 4.85. The molecule has 19 heavy (non-hydrogen) atoms. The molecular formula is C16H16FNO. The van der Waals surface area contributed by atoms with Crippen molar-refractivity contribution in [2.75, 3.05) is 0 Å². The van der Waals surface area contributed by atoms with Gasteiger partial charge in [0.15, 0.2) is 5.78 Å². The number of rotatable bonds is 2. The molecule has 1 heterocycles. The molecule has 0 N–H and O–H groups in total. The second-order valence-electron chi connectivity index (χ2n) is 4.85. The molecule has 1 aromatic heterocycles. The van der Waals surface area contributed by atoms with Gasteiger partial charge in [0.1, 0.15) is 5.82 Å². The molecule has 0 saturated carbocycles. The van der Waals surface area contributed by atoms with Crippen LogP contribution >= 0.6 is 0 Å². The number of carbonyl (C=O) groups excluding carboxylic acids is 1. The summed E-state index contributed by atoms with van der Waals surface area (Å²) in [5.74, 6) is -0.775. The molecule has 2 rings (SSSR count). The lowest BCUT2D eigenvalue weighted by atomic mass is 9.96. The lowest BCUT2D eigenvalue weighted by Gasteiger charge is -2.10. The zero-order chi connectivity index (χ0) is 14.2. The zero-order valence-electron chi connectivity index (χ0n) is 11.5. The van der Waals surface area contributed by atoms with E-state index in [0.717, 1.165) is 11.3 Å². The van der Waals surface area contributed by atoms with E-state index in [9.17, 15) is 9.18 Å². The molecule has 0 aliphatic rings. The number of pyridine rings is 1. The number of hydrogen-bond donors (Lipinski definition) is 0. The highest BCUT2D eigenvalue weighted by Gasteiger charge is 2.19. The van der Waals surface area contributed by atoms with Crippen LogP contribution in [0, 0.1) is 33.5 Å². The van der Waals surface area contributed by atoms with Crippen molar-refractivity contribution >= 4 is 5.78 Å². The number of nitrogens with zero attached hydrogens (tertiary/aromatic N) is 1. The van der Waals surface area contributed by atoms with E-state index in [1.807, 2.05) is 19.9 Å². The van der Waals surface area contributed by atoms with Gasteiger partial charge in [-0.2, -0.15) is 0 Å². The maximum absolute atomic E-state index is 14.0. The minimum Gasteiger partial charge on any atom is -0.288 e. The average molecular weight is 257 g/mol. The summed E-state index contributed by atoms with van der Waals surface area (Å²) in [6, 6.07) is 6.67. The lowest BCUT2D eigenvalue weighted by Crippen LogP contribution is -2.10. The number of aryl methyl sites for hydroxylation is 4. The molecule has 98 valence electrons. The number of aromatic nitrogens is 1. The normalized spacial score (nSPS) is 10.6. The molecule has 0 spiro atoms. The van der Waals surface area contributed by atoms with Crippen LogP contribution in [0.15, 0.2) is 24.3 Å².